The van der Waals surface area contributed by atoms with E-state index in [1.165, 1.54) is 19.4 Å². The van der Waals surface area contributed by atoms with Crippen LogP contribution < -0.4 is 5.32 Å². The molecule has 2 N–H and O–H groups in total. The van der Waals surface area contributed by atoms with Crippen molar-refractivity contribution in [2.45, 2.75) is 19.9 Å². The number of hydrogen-bond donors (Lipinski definition) is 2. The van der Waals surface area contributed by atoms with Gasteiger partial charge in [0.25, 0.3) is 5.91 Å². The first kappa shape index (κ1) is 14.0. The van der Waals surface area contributed by atoms with Crippen molar-refractivity contribution in [3.63, 3.8) is 0 Å². The molecule has 1 heterocycles. The molecule has 98 valence electrons. The van der Waals surface area contributed by atoms with E-state index in [1.807, 2.05) is 0 Å². The molecular formula is C12H16N2O4. The lowest BCUT2D eigenvalue weighted by Gasteiger charge is -2.19. The minimum absolute atomic E-state index is 0.0690. The van der Waals surface area contributed by atoms with E-state index in [-0.39, 0.29) is 17.2 Å². The van der Waals surface area contributed by atoms with E-state index in [1.54, 1.807) is 13.8 Å². The number of rotatable bonds is 4. The number of carbonyl (C=O) groups excluding carboxylic acids is 2. The fraction of sp³-hybridized carbons (Fsp3) is 0.417. The quantitative estimate of drug-likeness (QED) is 0.771. The van der Waals surface area contributed by atoms with Crippen LogP contribution in [0.2, 0.25) is 0 Å². The molecule has 1 aromatic heterocycles. The molecular weight excluding hydrogens is 236 g/mol. The highest BCUT2D eigenvalue weighted by Gasteiger charge is 2.26. The summed E-state index contributed by atoms with van der Waals surface area (Å²) in [6.45, 7) is 3.57. The number of pyridine rings is 1. The van der Waals surface area contributed by atoms with E-state index in [4.69, 9.17) is 0 Å². The third-order valence-corrected chi connectivity index (χ3v) is 2.45. The topological polar surface area (TPSA) is 88.5 Å². The maximum Gasteiger partial charge on any atom is 0.328 e. The fourth-order valence-electron chi connectivity index (χ4n) is 1.42. The lowest BCUT2D eigenvalue weighted by atomic mass is 10.0. The van der Waals surface area contributed by atoms with Crippen molar-refractivity contribution in [2.75, 3.05) is 7.11 Å². The molecule has 1 rings (SSSR count). The van der Waals surface area contributed by atoms with Crippen molar-refractivity contribution in [3.8, 4) is 5.75 Å². The number of nitrogens with one attached hydrogen (secondary N) is 1. The van der Waals surface area contributed by atoms with E-state index in [0.29, 0.717) is 0 Å². The number of carbonyl (C=O) groups is 2. The highest BCUT2D eigenvalue weighted by atomic mass is 16.5. The van der Waals surface area contributed by atoms with Crippen LogP contribution in [0.15, 0.2) is 18.5 Å². The molecule has 0 aliphatic heterocycles. The predicted molar refractivity (Wildman–Crippen MR) is 64.0 cm³/mol. The molecule has 0 fully saturated rings. The summed E-state index contributed by atoms with van der Waals surface area (Å²) in [5.74, 6) is -1.42. The average Bonchev–Trinajstić information content (AvgIpc) is 2.35. The van der Waals surface area contributed by atoms with Gasteiger partial charge in [0.05, 0.1) is 18.9 Å². The van der Waals surface area contributed by atoms with Gasteiger partial charge in [-0.05, 0) is 12.0 Å². The smallest absolute Gasteiger partial charge is 0.328 e. The van der Waals surface area contributed by atoms with Gasteiger partial charge in [0.1, 0.15) is 11.8 Å². The Balaban J connectivity index is 2.86. The Hall–Kier alpha value is -2.11. The third-order valence-electron chi connectivity index (χ3n) is 2.45. The van der Waals surface area contributed by atoms with E-state index >= 15 is 0 Å². The monoisotopic (exact) mass is 252 g/mol. The molecule has 0 aromatic carbocycles. The lowest BCUT2D eigenvalue weighted by molar-refractivity contribution is -0.144. The summed E-state index contributed by atoms with van der Waals surface area (Å²) >= 11 is 0. The normalized spacial score (nSPS) is 12.0. The summed E-state index contributed by atoms with van der Waals surface area (Å²) < 4.78 is 4.61. The van der Waals surface area contributed by atoms with E-state index < -0.39 is 17.9 Å². The SMILES string of the molecule is COC(=O)C(NC(=O)c1ccncc1O)C(C)C. The molecule has 0 spiro atoms. The number of aromatic hydroxyl groups is 1. The molecule has 0 saturated carbocycles. The second-order valence-electron chi connectivity index (χ2n) is 4.11. The Kier molecular flexibility index (Phi) is 4.65. The van der Waals surface area contributed by atoms with Crippen LogP contribution in [-0.4, -0.2) is 35.1 Å². The van der Waals surface area contributed by atoms with Crippen molar-refractivity contribution in [3.05, 3.63) is 24.0 Å². The largest absolute Gasteiger partial charge is 0.505 e. The highest BCUT2D eigenvalue weighted by Crippen LogP contribution is 2.14. The lowest BCUT2D eigenvalue weighted by Crippen LogP contribution is -2.45. The van der Waals surface area contributed by atoms with Gasteiger partial charge in [-0.2, -0.15) is 0 Å². The van der Waals surface area contributed by atoms with Gasteiger partial charge >= 0.3 is 5.97 Å². The van der Waals surface area contributed by atoms with Crippen molar-refractivity contribution >= 4 is 11.9 Å². The Morgan fingerprint density at radius 2 is 2.11 bits per heavy atom. The minimum atomic E-state index is -0.755. The summed E-state index contributed by atoms with van der Waals surface area (Å²) in [6.07, 6.45) is 2.55. The molecule has 6 heteroatoms. The van der Waals surface area contributed by atoms with Gasteiger partial charge < -0.3 is 15.2 Å². The molecule has 18 heavy (non-hydrogen) atoms. The number of hydrogen-bond acceptors (Lipinski definition) is 5. The maximum absolute atomic E-state index is 11.9. The highest BCUT2D eigenvalue weighted by molar-refractivity contribution is 5.98. The van der Waals surface area contributed by atoms with Crippen LogP contribution in [-0.2, 0) is 9.53 Å². The summed E-state index contributed by atoms with van der Waals surface area (Å²) in [4.78, 5) is 27.1. The van der Waals surface area contributed by atoms with Gasteiger partial charge in [-0.15, -0.1) is 0 Å². The Labute approximate surface area is 105 Å². The summed E-state index contributed by atoms with van der Waals surface area (Å²) in [5, 5.41) is 12.0. The number of amides is 1. The first-order chi connectivity index (χ1) is 8.47. The first-order valence-electron chi connectivity index (χ1n) is 5.49. The average molecular weight is 252 g/mol. The van der Waals surface area contributed by atoms with Crippen LogP contribution in [0.4, 0.5) is 0 Å². The molecule has 6 nitrogen and oxygen atoms in total. The van der Waals surface area contributed by atoms with Crippen molar-refractivity contribution in [1.82, 2.24) is 10.3 Å². The number of ether oxygens (including phenoxy) is 1. The van der Waals surface area contributed by atoms with Gasteiger partial charge in [0.15, 0.2) is 0 Å². The number of methoxy groups -OCH3 is 1. The zero-order valence-electron chi connectivity index (χ0n) is 10.5. The van der Waals surface area contributed by atoms with Gasteiger partial charge in [0, 0.05) is 6.20 Å². The van der Waals surface area contributed by atoms with E-state index in [9.17, 15) is 14.7 Å². The maximum atomic E-state index is 11.9. The Morgan fingerprint density at radius 3 is 2.61 bits per heavy atom. The molecule has 1 aromatic rings. The molecule has 0 aliphatic carbocycles. The van der Waals surface area contributed by atoms with Crippen LogP contribution in [0.1, 0.15) is 24.2 Å². The van der Waals surface area contributed by atoms with Gasteiger partial charge in [-0.1, -0.05) is 13.8 Å². The Bertz CT molecular complexity index is 445. The third kappa shape index (κ3) is 3.19. The van der Waals surface area contributed by atoms with Crippen LogP contribution in [0.25, 0.3) is 0 Å². The summed E-state index contributed by atoms with van der Waals surface area (Å²) in [5.41, 5.74) is 0.0690. The molecule has 0 bridgehead atoms. The summed E-state index contributed by atoms with van der Waals surface area (Å²) in [6, 6.07) is 0.620. The van der Waals surface area contributed by atoms with E-state index in [2.05, 4.69) is 15.0 Å². The second-order valence-corrected chi connectivity index (χ2v) is 4.11. The van der Waals surface area contributed by atoms with Gasteiger partial charge in [-0.3, -0.25) is 9.78 Å². The van der Waals surface area contributed by atoms with Crippen molar-refractivity contribution < 1.29 is 19.4 Å². The Morgan fingerprint density at radius 1 is 1.44 bits per heavy atom. The predicted octanol–water partition coefficient (Wildman–Crippen LogP) is 0.715. The molecule has 1 atom stereocenters. The molecule has 0 aliphatic rings. The van der Waals surface area contributed by atoms with Crippen molar-refractivity contribution in [2.24, 2.45) is 5.92 Å². The molecule has 1 amide bonds. The molecule has 0 saturated heterocycles. The number of esters is 1. The zero-order valence-corrected chi connectivity index (χ0v) is 10.5. The van der Waals surface area contributed by atoms with Crippen LogP contribution in [0.3, 0.4) is 0 Å². The van der Waals surface area contributed by atoms with Gasteiger partial charge in [0.2, 0.25) is 0 Å². The van der Waals surface area contributed by atoms with Crippen LogP contribution in [0, 0.1) is 5.92 Å². The molecule has 0 radical (unpaired) electrons. The summed E-state index contributed by atoms with van der Waals surface area (Å²) in [7, 11) is 1.26. The first-order valence-corrected chi connectivity index (χ1v) is 5.49. The van der Waals surface area contributed by atoms with E-state index in [0.717, 1.165) is 6.20 Å². The van der Waals surface area contributed by atoms with Crippen LogP contribution in [0.5, 0.6) is 5.75 Å². The van der Waals surface area contributed by atoms with Gasteiger partial charge in [-0.25, -0.2) is 4.79 Å². The number of aromatic nitrogens is 1. The molecule has 1 unspecified atom stereocenters. The minimum Gasteiger partial charge on any atom is -0.505 e. The van der Waals surface area contributed by atoms with Crippen molar-refractivity contribution in [1.29, 1.82) is 0 Å². The van der Waals surface area contributed by atoms with Crippen LogP contribution >= 0.6 is 0 Å². The number of nitrogens with zero attached hydrogens (tertiary/aromatic N) is 1. The standard InChI is InChI=1S/C12H16N2O4/c1-7(2)10(12(17)18-3)14-11(16)8-4-5-13-6-9(8)15/h4-7,10,15H,1-3H3,(H,14,16). The second kappa shape index (κ2) is 6.00. The fourth-order valence-corrected chi connectivity index (χ4v) is 1.42. The zero-order chi connectivity index (χ0) is 13.7.